The molecule has 0 bridgehead atoms. The van der Waals surface area contributed by atoms with Gasteiger partial charge in [0.25, 0.3) is 0 Å². The largest absolute Gasteiger partial charge is 0.308 e. The Bertz CT molecular complexity index is 635. The molecule has 0 atom stereocenters. The molecule has 0 radical (unpaired) electrons. The minimum atomic E-state index is 0.697. The number of nitrogens with zero attached hydrogens (tertiary/aromatic N) is 2. The third kappa shape index (κ3) is 7.72. The van der Waals surface area contributed by atoms with Crippen molar-refractivity contribution in [2.24, 2.45) is 5.92 Å². The highest BCUT2D eigenvalue weighted by Crippen LogP contribution is 2.16. The van der Waals surface area contributed by atoms with Gasteiger partial charge >= 0.3 is 0 Å². The molecule has 0 aliphatic carbocycles. The smallest absolute Gasteiger partial charge is 0.0237 e. The molecule has 0 saturated carbocycles. The monoisotopic (exact) mass is 402 g/mol. The minimum absolute atomic E-state index is 0.697. The van der Waals surface area contributed by atoms with Gasteiger partial charge in [-0.2, -0.15) is 0 Å². The average molecular weight is 403 g/mol. The number of hydrogen-bond acceptors (Lipinski definition) is 2. The van der Waals surface area contributed by atoms with Crippen molar-refractivity contribution < 1.29 is 0 Å². The third-order valence-corrected chi connectivity index (χ3v) is 4.75. The molecule has 2 aromatic carbocycles. The van der Waals surface area contributed by atoms with E-state index in [4.69, 9.17) is 0 Å². The summed E-state index contributed by atoms with van der Waals surface area (Å²) in [5, 5.41) is 0. The van der Waals surface area contributed by atoms with Crippen molar-refractivity contribution in [3.8, 4) is 0 Å². The summed E-state index contributed by atoms with van der Waals surface area (Å²) in [6, 6.07) is 17.8. The molecule has 0 heterocycles. The quantitative estimate of drug-likeness (QED) is 0.567. The highest BCUT2D eigenvalue weighted by molar-refractivity contribution is 9.10. The molecule has 0 fully saturated rings. The number of rotatable bonds is 9. The van der Waals surface area contributed by atoms with Crippen LogP contribution in [0, 0.1) is 5.92 Å². The summed E-state index contributed by atoms with van der Waals surface area (Å²) < 4.78 is 1.14. The number of likely N-dealkylation sites (N-methyl/N-ethyl adjacent to an activating group) is 1. The molecule has 2 aromatic rings. The molecule has 0 N–H and O–H groups in total. The van der Waals surface area contributed by atoms with Gasteiger partial charge in [0.05, 0.1) is 0 Å². The van der Waals surface area contributed by atoms with Crippen LogP contribution in [0.1, 0.15) is 30.5 Å². The van der Waals surface area contributed by atoms with E-state index in [1.807, 2.05) is 0 Å². The Hall–Kier alpha value is -1.16. The lowest BCUT2D eigenvalue weighted by Gasteiger charge is -2.24. The molecule has 0 unspecified atom stereocenters. The van der Waals surface area contributed by atoms with Crippen LogP contribution in [0.5, 0.6) is 0 Å². The summed E-state index contributed by atoms with van der Waals surface area (Å²) in [5.41, 5.74) is 4.22. The molecule has 0 saturated heterocycles. The summed E-state index contributed by atoms with van der Waals surface area (Å²) in [6.45, 7) is 8.68. The van der Waals surface area contributed by atoms with Crippen LogP contribution in [0.25, 0.3) is 0 Å². The standard InChI is InChI=1S/C22H31BrN2/c1-18(2)14-20-6-5-7-21(15-20)17-25(13-12-24(3)4)16-19-8-10-22(23)11-9-19/h5-11,15,18H,12-14,16-17H2,1-4H3. The molecule has 0 aromatic heterocycles. The number of halogens is 1. The van der Waals surface area contributed by atoms with E-state index in [1.54, 1.807) is 0 Å². The lowest BCUT2D eigenvalue weighted by molar-refractivity contribution is 0.226. The molecule has 25 heavy (non-hydrogen) atoms. The molecular weight excluding hydrogens is 372 g/mol. The SMILES string of the molecule is CC(C)Cc1cccc(CN(CCN(C)C)Cc2ccc(Br)cc2)c1. The zero-order chi connectivity index (χ0) is 18.2. The second-order valence-electron chi connectivity index (χ2n) is 7.56. The van der Waals surface area contributed by atoms with Crippen LogP contribution >= 0.6 is 15.9 Å². The number of hydrogen-bond donors (Lipinski definition) is 0. The van der Waals surface area contributed by atoms with Crippen LogP contribution < -0.4 is 0 Å². The van der Waals surface area contributed by atoms with Crippen LogP contribution in [-0.2, 0) is 19.5 Å². The van der Waals surface area contributed by atoms with Crippen LogP contribution in [0.15, 0.2) is 53.0 Å². The first kappa shape index (κ1) is 20.2. The van der Waals surface area contributed by atoms with Crippen molar-refractivity contribution in [2.45, 2.75) is 33.4 Å². The Kier molecular flexibility index (Phi) is 8.14. The van der Waals surface area contributed by atoms with Crippen LogP contribution in [-0.4, -0.2) is 37.0 Å². The van der Waals surface area contributed by atoms with E-state index >= 15 is 0 Å². The Morgan fingerprint density at radius 2 is 1.48 bits per heavy atom. The summed E-state index contributed by atoms with van der Waals surface area (Å²) in [6.07, 6.45) is 1.15. The lowest BCUT2D eigenvalue weighted by Crippen LogP contribution is -2.31. The van der Waals surface area contributed by atoms with E-state index in [0.29, 0.717) is 5.92 Å². The van der Waals surface area contributed by atoms with Gasteiger partial charge in [0.2, 0.25) is 0 Å². The fourth-order valence-corrected chi connectivity index (χ4v) is 3.25. The molecule has 136 valence electrons. The summed E-state index contributed by atoms with van der Waals surface area (Å²) in [5.74, 6) is 0.697. The molecule has 0 aliphatic rings. The van der Waals surface area contributed by atoms with Crippen LogP contribution in [0.2, 0.25) is 0 Å². The molecule has 0 aliphatic heterocycles. The topological polar surface area (TPSA) is 6.48 Å². The molecule has 2 nitrogen and oxygen atoms in total. The highest BCUT2D eigenvalue weighted by atomic mass is 79.9. The van der Waals surface area contributed by atoms with E-state index in [9.17, 15) is 0 Å². The van der Waals surface area contributed by atoms with Crippen LogP contribution in [0.4, 0.5) is 0 Å². The van der Waals surface area contributed by atoms with E-state index < -0.39 is 0 Å². The predicted molar refractivity (Wildman–Crippen MR) is 112 cm³/mol. The van der Waals surface area contributed by atoms with Crippen molar-refractivity contribution >= 4 is 15.9 Å². The molecule has 0 spiro atoms. The highest BCUT2D eigenvalue weighted by Gasteiger charge is 2.09. The maximum Gasteiger partial charge on any atom is 0.0237 e. The van der Waals surface area contributed by atoms with Gasteiger partial charge in [-0.3, -0.25) is 4.90 Å². The molecular formula is C22H31BrN2. The van der Waals surface area contributed by atoms with Crippen molar-refractivity contribution in [3.63, 3.8) is 0 Å². The third-order valence-electron chi connectivity index (χ3n) is 4.22. The zero-order valence-electron chi connectivity index (χ0n) is 16.0. The van der Waals surface area contributed by atoms with Crippen molar-refractivity contribution in [1.82, 2.24) is 9.80 Å². The summed E-state index contributed by atoms with van der Waals surface area (Å²) in [7, 11) is 4.28. The van der Waals surface area contributed by atoms with Gasteiger partial charge in [-0.1, -0.05) is 66.2 Å². The van der Waals surface area contributed by atoms with E-state index in [0.717, 1.165) is 37.1 Å². The van der Waals surface area contributed by atoms with Gasteiger partial charge in [-0.15, -0.1) is 0 Å². The second-order valence-corrected chi connectivity index (χ2v) is 8.47. The fraction of sp³-hybridized carbons (Fsp3) is 0.455. The van der Waals surface area contributed by atoms with Gasteiger partial charge in [-0.25, -0.2) is 0 Å². The molecule has 2 rings (SSSR count). The van der Waals surface area contributed by atoms with E-state index in [-0.39, 0.29) is 0 Å². The molecule has 0 amide bonds. The molecule has 3 heteroatoms. The van der Waals surface area contributed by atoms with Gasteiger partial charge in [0.15, 0.2) is 0 Å². The van der Waals surface area contributed by atoms with E-state index in [1.165, 1.54) is 16.7 Å². The van der Waals surface area contributed by atoms with Crippen molar-refractivity contribution in [3.05, 3.63) is 69.7 Å². The Morgan fingerprint density at radius 3 is 2.12 bits per heavy atom. The van der Waals surface area contributed by atoms with Gasteiger partial charge in [0, 0.05) is 30.7 Å². The fourth-order valence-electron chi connectivity index (χ4n) is 2.99. The first-order valence-corrected chi connectivity index (χ1v) is 9.91. The van der Waals surface area contributed by atoms with Crippen LogP contribution in [0.3, 0.4) is 0 Å². The summed E-state index contributed by atoms with van der Waals surface area (Å²) >= 11 is 3.52. The lowest BCUT2D eigenvalue weighted by atomic mass is 10.0. The first-order chi connectivity index (χ1) is 11.9. The average Bonchev–Trinajstić information content (AvgIpc) is 2.54. The zero-order valence-corrected chi connectivity index (χ0v) is 17.6. The predicted octanol–water partition coefficient (Wildman–Crippen LogP) is 5.21. The Labute approximate surface area is 162 Å². The van der Waals surface area contributed by atoms with Crippen molar-refractivity contribution in [2.75, 3.05) is 27.2 Å². The van der Waals surface area contributed by atoms with Gasteiger partial charge < -0.3 is 4.90 Å². The minimum Gasteiger partial charge on any atom is -0.308 e. The van der Waals surface area contributed by atoms with Gasteiger partial charge in [-0.05, 0) is 55.3 Å². The summed E-state index contributed by atoms with van der Waals surface area (Å²) in [4.78, 5) is 4.79. The van der Waals surface area contributed by atoms with Gasteiger partial charge in [0.1, 0.15) is 0 Å². The van der Waals surface area contributed by atoms with Crippen molar-refractivity contribution in [1.29, 1.82) is 0 Å². The second kappa shape index (κ2) is 10.1. The first-order valence-electron chi connectivity index (χ1n) is 9.11. The number of benzene rings is 2. The normalized spacial score (nSPS) is 11.7. The van der Waals surface area contributed by atoms with E-state index in [2.05, 4.69) is 102 Å². The maximum atomic E-state index is 3.52. The Balaban J connectivity index is 2.08. The maximum absolute atomic E-state index is 3.52. The Morgan fingerprint density at radius 1 is 0.840 bits per heavy atom.